The summed E-state index contributed by atoms with van der Waals surface area (Å²) in [4.78, 5) is 2.37. The predicted octanol–water partition coefficient (Wildman–Crippen LogP) is 3.07. The standard InChI is InChI=1S/C22H26FN5O2S/c23-22-7-6-19(12-20(22)13-24-31(29)30)18-8-10-27(11-9-18)15-21-16-28(26-25-21)14-17-4-2-1-3-5-17/h1-7,12,16,18,24H,8-11,13-15H2,(H,29,30). The van der Waals surface area contributed by atoms with Gasteiger partial charge >= 0.3 is 0 Å². The van der Waals surface area contributed by atoms with Gasteiger partial charge in [0, 0.05) is 18.7 Å². The van der Waals surface area contributed by atoms with Crippen LogP contribution < -0.4 is 4.72 Å². The maximum atomic E-state index is 14.0. The Labute approximate surface area is 183 Å². The van der Waals surface area contributed by atoms with Crippen LogP contribution in [0.15, 0.2) is 54.7 Å². The Morgan fingerprint density at radius 2 is 1.90 bits per heavy atom. The summed E-state index contributed by atoms with van der Waals surface area (Å²) in [6.45, 7) is 3.37. The first-order valence-corrected chi connectivity index (χ1v) is 11.5. The van der Waals surface area contributed by atoms with Crippen LogP contribution in [0, 0.1) is 5.82 Å². The molecule has 4 rings (SSSR count). The molecule has 164 valence electrons. The summed E-state index contributed by atoms with van der Waals surface area (Å²) >= 11 is -2.16. The highest BCUT2D eigenvalue weighted by atomic mass is 32.2. The number of nitrogens with zero attached hydrogens (tertiary/aromatic N) is 4. The highest BCUT2D eigenvalue weighted by Gasteiger charge is 2.22. The van der Waals surface area contributed by atoms with Crippen molar-refractivity contribution in [3.05, 3.63) is 82.9 Å². The van der Waals surface area contributed by atoms with Crippen molar-refractivity contribution in [3.8, 4) is 0 Å². The van der Waals surface area contributed by atoms with Crippen LogP contribution in [0.1, 0.15) is 41.1 Å². The second kappa shape index (κ2) is 10.2. The second-order valence-electron chi connectivity index (χ2n) is 7.86. The van der Waals surface area contributed by atoms with Crippen molar-refractivity contribution in [2.24, 2.45) is 0 Å². The lowest BCUT2D eigenvalue weighted by Gasteiger charge is -2.31. The lowest BCUT2D eigenvalue weighted by atomic mass is 9.88. The van der Waals surface area contributed by atoms with E-state index < -0.39 is 11.3 Å². The Kier molecular flexibility index (Phi) is 7.18. The molecule has 9 heteroatoms. The molecular weight excluding hydrogens is 417 g/mol. The average Bonchev–Trinajstić information content (AvgIpc) is 3.21. The molecular formula is C22H26FN5O2S. The molecule has 0 bridgehead atoms. The van der Waals surface area contributed by atoms with Crippen molar-refractivity contribution in [1.29, 1.82) is 0 Å². The van der Waals surface area contributed by atoms with Gasteiger partial charge < -0.3 is 0 Å². The van der Waals surface area contributed by atoms with Crippen molar-refractivity contribution in [3.63, 3.8) is 0 Å². The van der Waals surface area contributed by atoms with Crippen LogP contribution in [-0.4, -0.2) is 41.7 Å². The zero-order valence-corrected chi connectivity index (χ0v) is 18.0. The summed E-state index contributed by atoms with van der Waals surface area (Å²) in [7, 11) is 0. The maximum absolute atomic E-state index is 14.0. The van der Waals surface area contributed by atoms with Gasteiger partial charge in [0.1, 0.15) is 5.82 Å². The molecule has 0 amide bonds. The molecule has 0 aliphatic carbocycles. The van der Waals surface area contributed by atoms with Gasteiger partial charge in [-0.25, -0.2) is 18.0 Å². The lowest BCUT2D eigenvalue weighted by molar-refractivity contribution is 0.202. The highest BCUT2D eigenvalue weighted by Crippen LogP contribution is 2.29. The highest BCUT2D eigenvalue weighted by molar-refractivity contribution is 7.77. The van der Waals surface area contributed by atoms with Gasteiger partial charge in [0.05, 0.1) is 18.4 Å². The van der Waals surface area contributed by atoms with Gasteiger partial charge in [0.25, 0.3) is 0 Å². The molecule has 1 fully saturated rings. The van der Waals surface area contributed by atoms with Crippen molar-refractivity contribution in [2.45, 2.75) is 38.4 Å². The van der Waals surface area contributed by atoms with E-state index in [4.69, 9.17) is 4.55 Å². The van der Waals surface area contributed by atoms with Crippen LogP contribution >= 0.6 is 0 Å². The molecule has 1 aliphatic rings. The van der Waals surface area contributed by atoms with Gasteiger partial charge in [-0.3, -0.25) is 9.45 Å². The van der Waals surface area contributed by atoms with E-state index in [0.717, 1.165) is 43.7 Å². The van der Waals surface area contributed by atoms with Crippen LogP contribution in [-0.2, 0) is 30.9 Å². The first-order valence-electron chi connectivity index (χ1n) is 10.3. The first-order chi connectivity index (χ1) is 15.1. The summed E-state index contributed by atoms with van der Waals surface area (Å²) in [5.74, 6) is -0.0123. The Hall–Kier alpha value is -2.46. The number of halogens is 1. The zero-order valence-electron chi connectivity index (χ0n) is 17.2. The summed E-state index contributed by atoms with van der Waals surface area (Å²) in [6.07, 6.45) is 3.95. The first kappa shape index (κ1) is 21.8. The number of piperidine rings is 1. The monoisotopic (exact) mass is 443 g/mol. The molecule has 1 aromatic heterocycles. The van der Waals surface area contributed by atoms with Gasteiger partial charge in [-0.05, 0) is 49.0 Å². The number of aromatic nitrogens is 3. The molecule has 2 heterocycles. The fourth-order valence-corrected chi connectivity index (χ4v) is 4.31. The van der Waals surface area contributed by atoms with Gasteiger partial charge in [0.15, 0.2) is 0 Å². The summed E-state index contributed by atoms with van der Waals surface area (Å²) in [5.41, 5.74) is 3.65. The molecule has 3 aromatic rings. The number of benzene rings is 2. The molecule has 0 saturated carbocycles. The van der Waals surface area contributed by atoms with E-state index >= 15 is 0 Å². The molecule has 1 atom stereocenters. The minimum atomic E-state index is -2.16. The van der Waals surface area contributed by atoms with E-state index in [-0.39, 0.29) is 12.4 Å². The normalized spacial score (nSPS) is 16.5. The molecule has 2 aromatic carbocycles. The molecule has 1 unspecified atom stereocenters. The van der Waals surface area contributed by atoms with Crippen LogP contribution in [0.5, 0.6) is 0 Å². The van der Waals surface area contributed by atoms with Gasteiger partial charge in [-0.2, -0.15) is 0 Å². The second-order valence-corrected chi connectivity index (χ2v) is 8.65. The van der Waals surface area contributed by atoms with Crippen LogP contribution in [0.4, 0.5) is 4.39 Å². The van der Waals surface area contributed by atoms with E-state index in [1.165, 1.54) is 11.6 Å². The fraction of sp³-hybridized carbons (Fsp3) is 0.364. The third-order valence-electron chi connectivity index (χ3n) is 5.67. The van der Waals surface area contributed by atoms with Gasteiger partial charge in [-0.1, -0.05) is 47.7 Å². The van der Waals surface area contributed by atoms with Crippen LogP contribution in [0.25, 0.3) is 0 Å². The van der Waals surface area contributed by atoms with E-state index in [1.807, 2.05) is 41.2 Å². The smallest absolute Gasteiger partial charge is 0.232 e. The van der Waals surface area contributed by atoms with Crippen LogP contribution in [0.3, 0.4) is 0 Å². The summed E-state index contributed by atoms with van der Waals surface area (Å²) < 4.78 is 37.9. The van der Waals surface area contributed by atoms with E-state index in [1.54, 1.807) is 0 Å². The maximum Gasteiger partial charge on any atom is 0.232 e. The minimum Gasteiger partial charge on any atom is -0.297 e. The molecule has 0 radical (unpaired) electrons. The number of likely N-dealkylation sites (tertiary alicyclic amines) is 1. The number of hydrogen-bond donors (Lipinski definition) is 2. The van der Waals surface area contributed by atoms with Crippen molar-refractivity contribution < 1.29 is 13.2 Å². The fourth-order valence-electron chi connectivity index (χ4n) is 4.04. The third kappa shape index (κ3) is 6.04. The van der Waals surface area contributed by atoms with Gasteiger partial charge in [-0.15, -0.1) is 5.10 Å². The summed E-state index contributed by atoms with van der Waals surface area (Å²) in [5, 5.41) is 8.56. The van der Waals surface area contributed by atoms with Crippen LogP contribution in [0.2, 0.25) is 0 Å². The summed E-state index contributed by atoms with van der Waals surface area (Å²) in [6, 6.07) is 15.3. The average molecular weight is 444 g/mol. The van der Waals surface area contributed by atoms with E-state index in [0.29, 0.717) is 18.0 Å². The molecule has 7 nitrogen and oxygen atoms in total. The van der Waals surface area contributed by atoms with E-state index in [2.05, 4.69) is 32.1 Å². The molecule has 0 spiro atoms. The Morgan fingerprint density at radius 1 is 1.13 bits per heavy atom. The molecule has 31 heavy (non-hydrogen) atoms. The molecule has 2 N–H and O–H groups in total. The molecule has 1 aliphatic heterocycles. The SMILES string of the molecule is O=S(O)NCc1cc(C2CCN(Cc3cn(Cc4ccccc4)nn3)CC2)ccc1F. The predicted molar refractivity (Wildman–Crippen MR) is 117 cm³/mol. The quantitative estimate of drug-likeness (QED) is 0.523. The lowest BCUT2D eigenvalue weighted by Crippen LogP contribution is -2.32. The van der Waals surface area contributed by atoms with E-state index in [9.17, 15) is 8.60 Å². The zero-order chi connectivity index (χ0) is 21.6. The Morgan fingerprint density at radius 3 is 2.65 bits per heavy atom. The third-order valence-corrected chi connectivity index (χ3v) is 6.07. The minimum absolute atomic E-state index is 0.0280. The number of rotatable bonds is 8. The molecule has 1 saturated heterocycles. The Bertz CT molecular complexity index is 1020. The number of hydrogen-bond acceptors (Lipinski definition) is 4. The Balaban J connectivity index is 1.30. The van der Waals surface area contributed by atoms with Crippen molar-refractivity contribution >= 4 is 11.3 Å². The van der Waals surface area contributed by atoms with Crippen molar-refractivity contribution in [2.75, 3.05) is 13.1 Å². The largest absolute Gasteiger partial charge is 0.297 e. The van der Waals surface area contributed by atoms with Gasteiger partial charge in [0.2, 0.25) is 11.3 Å². The topological polar surface area (TPSA) is 83.3 Å². The van der Waals surface area contributed by atoms with Crippen molar-refractivity contribution in [1.82, 2.24) is 24.6 Å². The number of nitrogens with one attached hydrogen (secondary N) is 1.